The fraction of sp³-hybridized carbons (Fsp3) is 0.318. The number of rotatable bonds is 5. The molecule has 1 aromatic carbocycles. The van der Waals surface area contributed by atoms with Crippen molar-refractivity contribution in [1.82, 2.24) is 25.0 Å². The van der Waals surface area contributed by atoms with E-state index in [9.17, 15) is 9.18 Å². The van der Waals surface area contributed by atoms with Gasteiger partial charge < -0.3 is 15.1 Å². The van der Waals surface area contributed by atoms with Gasteiger partial charge >= 0.3 is 0 Å². The van der Waals surface area contributed by atoms with E-state index in [-0.39, 0.29) is 16.9 Å². The van der Waals surface area contributed by atoms with E-state index in [1.165, 1.54) is 16.8 Å². The maximum absolute atomic E-state index is 13.2. The molecule has 1 fully saturated rings. The normalized spacial score (nSPS) is 14.6. The second kappa shape index (κ2) is 9.03. The Kier molecular flexibility index (Phi) is 6.20. The largest absolute Gasteiger partial charge is 0.354 e. The van der Waals surface area contributed by atoms with Crippen molar-refractivity contribution < 1.29 is 9.18 Å². The molecule has 0 aliphatic carbocycles. The molecule has 1 saturated heterocycles. The quantitative estimate of drug-likeness (QED) is 0.658. The number of piperazine rings is 1. The second-order valence-corrected chi connectivity index (χ2v) is 8.00. The van der Waals surface area contributed by atoms with Crippen LogP contribution >= 0.6 is 11.6 Å². The Morgan fingerprint density at radius 1 is 1.13 bits per heavy atom. The van der Waals surface area contributed by atoms with Crippen LogP contribution in [-0.4, -0.2) is 58.8 Å². The van der Waals surface area contributed by atoms with Gasteiger partial charge in [-0.1, -0.05) is 17.7 Å². The topological polar surface area (TPSA) is 66.3 Å². The van der Waals surface area contributed by atoms with Crippen molar-refractivity contribution in [1.29, 1.82) is 0 Å². The van der Waals surface area contributed by atoms with E-state index in [2.05, 4.69) is 32.2 Å². The molecule has 0 spiro atoms. The van der Waals surface area contributed by atoms with Crippen molar-refractivity contribution in [2.24, 2.45) is 0 Å². The maximum atomic E-state index is 13.2. The number of likely N-dealkylation sites (N-methyl/N-ethyl adjacent to an activating group) is 1. The first-order valence-corrected chi connectivity index (χ1v) is 10.5. The van der Waals surface area contributed by atoms with E-state index in [0.29, 0.717) is 23.5 Å². The van der Waals surface area contributed by atoms with Crippen molar-refractivity contribution in [3.05, 3.63) is 70.4 Å². The highest BCUT2D eigenvalue weighted by Crippen LogP contribution is 2.24. The van der Waals surface area contributed by atoms with Gasteiger partial charge in [-0.3, -0.25) is 4.79 Å². The van der Waals surface area contributed by atoms with Crippen LogP contribution in [0.2, 0.25) is 5.15 Å². The molecule has 1 aliphatic rings. The molecule has 0 saturated carbocycles. The third kappa shape index (κ3) is 4.70. The molecule has 1 aliphatic heterocycles. The van der Waals surface area contributed by atoms with Gasteiger partial charge in [0.25, 0.3) is 5.91 Å². The number of benzene rings is 1. The highest BCUT2D eigenvalue weighted by Gasteiger charge is 2.21. The lowest BCUT2D eigenvalue weighted by molar-refractivity contribution is 0.0950. The Morgan fingerprint density at radius 2 is 1.84 bits per heavy atom. The van der Waals surface area contributed by atoms with Crippen LogP contribution in [0.15, 0.2) is 42.6 Å². The van der Waals surface area contributed by atoms with Gasteiger partial charge in [0.1, 0.15) is 16.8 Å². The Labute approximate surface area is 185 Å². The number of aromatic nitrogens is 3. The Morgan fingerprint density at radius 3 is 2.48 bits per heavy atom. The summed E-state index contributed by atoms with van der Waals surface area (Å²) in [4.78, 5) is 21.9. The number of nitrogens with zero attached hydrogens (tertiary/aromatic N) is 5. The van der Waals surface area contributed by atoms with Gasteiger partial charge in [0.15, 0.2) is 0 Å². The predicted molar refractivity (Wildman–Crippen MR) is 118 cm³/mol. The van der Waals surface area contributed by atoms with Crippen LogP contribution in [0.5, 0.6) is 0 Å². The molecule has 3 heterocycles. The zero-order valence-corrected chi connectivity index (χ0v) is 18.2. The molecule has 31 heavy (non-hydrogen) atoms. The smallest absolute Gasteiger partial charge is 0.256 e. The van der Waals surface area contributed by atoms with Crippen molar-refractivity contribution in [2.45, 2.75) is 13.5 Å². The summed E-state index contributed by atoms with van der Waals surface area (Å²) in [6.45, 7) is 5.99. The number of carbonyl (C=O) groups excluding carboxylic acids is 1. The fourth-order valence-corrected chi connectivity index (χ4v) is 3.88. The van der Waals surface area contributed by atoms with Crippen molar-refractivity contribution >= 4 is 23.3 Å². The zero-order valence-electron chi connectivity index (χ0n) is 17.5. The highest BCUT2D eigenvalue weighted by atomic mass is 35.5. The fourth-order valence-electron chi connectivity index (χ4n) is 3.53. The lowest BCUT2D eigenvalue weighted by Crippen LogP contribution is -2.44. The minimum atomic E-state index is -0.353. The standard InChI is InChI=1S/C22H24ClFN6O/c1-15-20(21(23)30(27-15)18-6-4-17(24)5-7-18)22(31)26-14-16-3-8-19(25-13-16)29-11-9-28(2)10-12-29/h3-8,13H,9-12,14H2,1-2H3,(H,26,31). The Hall–Kier alpha value is -2.97. The van der Waals surface area contributed by atoms with Crippen LogP contribution in [0.3, 0.4) is 0 Å². The first-order valence-electron chi connectivity index (χ1n) is 10.1. The van der Waals surface area contributed by atoms with Crippen LogP contribution in [-0.2, 0) is 6.54 Å². The first kappa shape index (κ1) is 21.3. The number of carbonyl (C=O) groups is 1. The minimum absolute atomic E-state index is 0.185. The number of hydrogen-bond acceptors (Lipinski definition) is 5. The second-order valence-electron chi connectivity index (χ2n) is 7.64. The average Bonchev–Trinajstić information content (AvgIpc) is 3.07. The average molecular weight is 443 g/mol. The number of hydrogen-bond donors (Lipinski definition) is 1. The van der Waals surface area contributed by atoms with Crippen LogP contribution in [0.25, 0.3) is 5.69 Å². The lowest BCUT2D eigenvalue weighted by Gasteiger charge is -2.33. The summed E-state index contributed by atoms with van der Waals surface area (Å²) >= 11 is 6.42. The van der Waals surface area contributed by atoms with E-state index < -0.39 is 0 Å². The van der Waals surface area contributed by atoms with Crippen LogP contribution in [0.1, 0.15) is 21.6 Å². The molecular weight excluding hydrogens is 419 g/mol. The van der Waals surface area contributed by atoms with Gasteiger partial charge in [-0.05, 0) is 49.9 Å². The van der Waals surface area contributed by atoms with Gasteiger partial charge in [-0.2, -0.15) is 5.10 Å². The third-order valence-electron chi connectivity index (χ3n) is 5.39. The van der Waals surface area contributed by atoms with E-state index in [1.807, 2.05) is 12.1 Å². The molecule has 7 nitrogen and oxygen atoms in total. The van der Waals surface area contributed by atoms with Crippen LogP contribution in [0.4, 0.5) is 10.2 Å². The van der Waals surface area contributed by atoms with E-state index in [0.717, 1.165) is 37.6 Å². The number of halogens is 2. The van der Waals surface area contributed by atoms with Crippen LogP contribution in [0, 0.1) is 12.7 Å². The molecule has 162 valence electrons. The first-order chi connectivity index (χ1) is 14.9. The molecule has 0 atom stereocenters. The van der Waals surface area contributed by atoms with Crippen molar-refractivity contribution in [3.63, 3.8) is 0 Å². The molecule has 0 bridgehead atoms. The number of pyridine rings is 1. The number of anilines is 1. The Bertz CT molecular complexity index is 1060. The van der Waals surface area contributed by atoms with Gasteiger partial charge in [-0.15, -0.1) is 0 Å². The molecule has 3 aromatic rings. The lowest BCUT2D eigenvalue weighted by atomic mass is 10.2. The van der Waals surface area contributed by atoms with E-state index in [4.69, 9.17) is 11.6 Å². The number of nitrogens with one attached hydrogen (secondary N) is 1. The summed E-state index contributed by atoms with van der Waals surface area (Å²) in [7, 11) is 2.12. The van der Waals surface area contributed by atoms with Crippen LogP contribution < -0.4 is 10.2 Å². The molecule has 9 heteroatoms. The van der Waals surface area contributed by atoms with Gasteiger partial charge in [0.05, 0.1) is 16.9 Å². The summed E-state index contributed by atoms with van der Waals surface area (Å²) in [6.07, 6.45) is 1.78. The molecule has 2 aromatic heterocycles. The SMILES string of the molecule is Cc1nn(-c2ccc(F)cc2)c(Cl)c1C(=O)NCc1ccc(N2CCN(C)CC2)nc1. The molecule has 1 amide bonds. The maximum Gasteiger partial charge on any atom is 0.256 e. The summed E-state index contributed by atoms with van der Waals surface area (Å²) < 4.78 is 14.6. The monoisotopic (exact) mass is 442 g/mol. The van der Waals surface area contributed by atoms with Crippen molar-refractivity contribution in [3.8, 4) is 5.69 Å². The summed E-state index contributed by atoms with van der Waals surface area (Å²) in [5.74, 6) is 0.274. The van der Waals surface area contributed by atoms with E-state index >= 15 is 0 Å². The summed E-state index contributed by atoms with van der Waals surface area (Å²) in [6, 6.07) is 9.71. The highest BCUT2D eigenvalue weighted by molar-refractivity contribution is 6.33. The molecule has 0 radical (unpaired) electrons. The van der Waals surface area contributed by atoms with Crippen molar-refractivity contribution in [2.75, 3.05) is 38.1 Å². The van der Waals surface area contributed by atoms with E-state index in [1.54, 1.807) is 25.3 Å². The van der Waals surface area contributed by atoms with Gasteiger partial charge in [-0.25, -0.2) is 14.1 Å². The Balaban J connectivity index is 1.41. The molecular formula is C22H24ClFN6O. The third-order valence-corrected chi connectivity index (χ3v) is 5.74. The molecule has 4 rings (SSSR count). The summed E-state index contributed by atoms with van der Waals surface area (Å²) in [5, 5.41) is 7.40. The minimum Gasteiger partial charge on any atom is -0.354 e. The number of aryl methyl sites for hydroxylation is 1. The predicted octanol–water partition coefficient (Wildman–Crippen LogP) is 3.05. The zero-order chi connectivity index (χ0) is 22.0. The van der Waals surface area contributed by atoms with Gasteiger partial charge in [0, 0.05) is 38.9 Å². The van der Waals surface area contributed by atoms with Gasteiger partial charge in [0.2, 0.25) is 0 Å². The molecule has 1 N–H and O–H groups in total. The molecule has 0 unspecified atom stereocenters. The summed E-state index contributed by atoms with van der Waals surface area (Å²) in [5.41, 5.74) is 2.27. The number of amides is 1.